The van der Waals surface area contributed by atoms with Crippen molar-refractivity contribution in [3.8, 4) is 0 Å². The van der Waals surface area contributed by atoms with Crippen molar-refractivity contribution >= 4 is 11.7 Å². The number of hydrogen-bond donors (Lipinski definition) is 2. The third-order valence-corrected chi connectivity index (χ3v) is 2.03. The van der Waals surface area contributed by atoms with Crippen LogP contribution in [0.15, 0.2) is 30.3 Å². The standard InChI is InChI=1S/C12H16N2O3/c1-16-14-8-11(13)7-12(15)17-9-10-5-3-2-4-6-10/h2-6,13-14H,7-9H2,1H3. The molecule has 0 saturated carbocycles. The van der Waals surface area contributed by atoms with Crippen LogP contribution in [0.5, 0.6) is 0 Å². The molecule has 0 saturated heterocycles. The summed E-state index contributed by atoms with van der Waals surface area (Å²) >= 11 is 0. The van der Waals surface area contributed by atoms with Crippen molar-refractivity contribution < 1.29 is 14.4 Å². The SMILES string of the molecule is CONCC(=N)CC(=O)OCc1ccccc1. The predicted molar refractivity (Wildman–Crippen MR) is 63.6 cm³/mol. The predicted octanol–water partition coefficient (Wildman–Crippen LogP) is 1.29. The van der Waals surface area contributed by atoms with Crippen LogP contribution in [-0.4, -0.2) is 25.3 Å². The van der Waals surface area contributed by atoms with Gasteiger partial charge in [0.25, 0.3) is 0 Å². The van der Waals surface area contributed by atoms with Crippen molar-refractivity contribution in [1.29, 1.82) is 5.41 Å². The number of carbonyl (C=O) groups is 1. The maximum absolute atomic E-state index is 11.4. The van der Waals surface area contributed by atoms with Gasteiger partial charge in [-0.15, -0.1) is 0 Å². The maximum atomic E-state index is 11.4. The number of ether oxygens (including phenoxy) is 1. The first-order valence-corrected chi connectivity index (χ1v) is 5.24. The third-order valence-electron chi connectivity index (χ3n) is 2.03. The Bertz CT molecular complexity index is 365. The number of rotatable bonds is 7. The Morgan fingerprint density at radius 1 is 1.35 bits per heavy atom. The number of hydroxylamine groups is 1. The summed E-state index contributed by atoms with van der Waals surface area (Å²) in [5, 5.41) is 7.46. The summed E-state index contributed by atoms with van der Waals surface area (Å²) in [5.74, 6) is -0.406. The Hall–Kier alpha value is -1.72. The summed E-state index contributed by atoms with van der Waals surface area (Å²) in [6.07, 6.45) is -0.0246. The Kier molecular flexibility index (Phi) is 5.92. The molecule has 17 heavy (non-hydrogen) atoms. The second-order valence-corrected chi connectivity index (χ2v) is 3.45. The molecule has 0 aliphatic heterocycles. The van der Waals surface area contributed by atoms with Crippen LogP contribution in [0.3, 0.4) is 0 Å². The molecule has 0 spiro atoms. The van der Waals surface area contributed by atoms with Crippen molar-refractivity contribution in [2.24, 2.45) is 0 Å². The van der Waals surface area contributed by atoms with Crippen LogP contribution in [0.1, 0.15) is 12.0 Å². The smallest absolute Gasteiger partial charge is 0.311 e. The zero-order valence-electron chi connectivity index (χ0n) is 9.73. The fourth-order valence-corrected chi connectivity index (χ4v) is 1.19. The molecule has 0 aliphatic rings. The second-order valence-electron chi connectivity index (χ2n) is 3.45. The van der Waals surface area contributed by atoms with E-state index >= 15 is 0 Å². The number of esters is 1. The van der Waals surface area contributed by atoms with Crippen LogP contribution in [0.4, 0.5) is 0 Å². The van der Waals surface area contributed by atoms with E-state index in [2.05, 4.69) is 10.3 Å². The van der Waals surface area contributed by atoms with Crippen LogP contribution in [-0.2, 0) is 21.0 Å². The average Bonchev–Trinajstić information content (AvgIpc) is 2.35. The minimum absolute atomic E-state index is 0.0246. The molecule has 1 rings (SSSR count). The first-order valence-electron chi connectivity index (χ1n) is 5.24. The van der Waals surface area contributed by atoms with Crippen molar-refractivity contribution in [2.75, 3.05) is 13.7 Å². The topological polar surface area (TPSA) is 71.4 Å². The molecular weight excluding hydrogens is 220 g/mol. The van der Waals surface area contributed by atoms with E-state index in [0.717, 1.165) is 5.56 Å². The molecule has 0 radical (unpaired) electrons. The van der Waals surface area contributed by atoms with Gasteiger partial charge < -0.3 is 15.0 Å². The van der Waals surface area contributed by atoms with Crippen LogP contribution in [0.25, 0.3) is 0 Å². The van der Waals surface area contributed by atoms with E-state index in [1.807, 2.05) is 30.3 Å². The van der Waals surface area contributed by atoms with Gasteiger partial charge in [-0.2, -0.15) is 5.48 Å². The maximum Gasteiger partial charge on any atom is 0.311 e. The molecule has 0 fully saturated rings. The van der Waals surface area contributed by atoms with E-state index in [0.29, 0.717) is 0 Å². The average molecular weight is 236 g/mol. The third kappa shape index (κ3) is 5.79. The van der Waals surface area contributed by atoms with Gasteiger partial charge in [-0.05, 0) is 5.56 Å². The van der Waals surface area contributed by atoms with Crippen molar-refractivity contribution in [1.82, 2.24) is 5.48 Å². The molecule has 0 amide bonds. The lowest BCUT2D eigenvalue weighted by molar-refractivity contribution is -0.143. The zero-order chi connectivity index (χ0) is 12.5. The summed E-state index contributed by atoms with van der Waals surface area (Å²) in [4.78, 5) is 15.9. The number of nitrogens with one attached hydrogen (secondary N) is 2. The van der Waals surface area contributed by atoms with E-state index < -0.39 is 5.97 Å². The molecular formula is C12H16N2O3. The fraction of sp³-hybridized carbons (Fsp3) is 0.333. The molecule has 1 aromatic rings. The lowest BCUT2D eigenvalue weighted by Gasteiger charge is -2.06. The van der Waals surface area contributed by atoms with Gasteiger partial charge >= 0.3 is 5.97 Å². The molecule has 0 unspecified atom stereocenters. The van der Waals surface area contributed by atoms with Crippen molar-refractivity contribution in [3.63, 3.8) is 0 Å². The highest BCUT2D eigenvalue weighted by atomic mass is 16.6. The highest BCUT2D eigenvalue weighted by Crippen LogP contribution is 2.01. The number of carbonyl (C=O) groups excluding carboxylic acids is 1. The quantitative estimate of drug-likeness (QED) is 0.425. The Morgan fingerprint density at radius 2 is 2.06 bits per heavy atom. The summed E-state index contributed by atoms with van der Waals surface area (Å²) in [7, 11) is 1.46. The molecule has 92 valence electrons. The highest BCUT2D eigenvalue weighted by Gasteiger charge is 2.07. The molecule has 0 bridgehead atoms. The van der Waals surface area contributed by atoms with Crippen LogP contribution in [0, 0.1) is 5.41 Å². The molecule has 0 atom stereocenters. The minimum Gasteiger partial charge on any atom is -0.461 e. The molecule has 5 heteroatoms. The summed E-state index contributed by atoms with van der Waals surface area (Å²) in [6.45, 7) is 0.460. The highest BCUT2D eigenvalue weighted by molar-refractivity contribution is 5.98. The van der Waals surface area contributed by atoms with Gasteiger partial charge in [-0.25, -0.2) is 0 Å². The zero-order valence-corrected chi connectivity index (χ0v) is 9.73. The lowest BCUT2D eigenvalue weighted by Crippen LogP contribution is -2.23. The van der Waals surface area contributed by atoms with Gasteiger partial charge in [0.05, 0.1) is 20.1 Å². The van der Waals surface area contributed by atoms with Crippen molar-refractivity contribution in [3.05, 3.63) is 35.9 Å². The van der Waals surface area contributed by atoms with E-state index in [9.17, 15) is 4.79 Å². The van der Waals surface area contributed by atoms with Gasteiger partial charge in [0, 0.05) is 5.71 Å². The monoisotopic (exact) mass is 236 g/mol. The Labute approximate surface area is 100 Å². The van der Waals surface area contributed by atoms with Crippen molar-refractivity contribution in [2.45, 2.75) is 13.0 Å². The lowest BCUT2D eigenvalue weighted by atomic mass is 10.2. The summed E-state index contributed by atoms with van der Waals surface area (Å²) in [6, 6.07) is 9.43. The van der Waals surface area contributed by atoms with Gasteiger partial charge in [-0.1, -0.05) is 30.3 Å². The summed E-state index contributed by atoms with van der Waals surface area (Å²) in [5.41, 5.74) is 3.65. The summed E-state index contributed by atoms with van der Waals surface area (Å²) < 4.78 is 5.03. The Balaban J connectivity index is 2.24. The van der Waals surface area contributed by atoms with Gasteiger partial charge in [0.1, 0.15) is 6.61 Å². The number of benzene rings is 1. The Morgan fingerprint density at radius 3 is 2.71 bits per heavy atom. The molecule has 0 heterocycles. The van der Waals surface area contributed by atoms with E-state index in [1.54, 1.807) is 0 Å². The first-order chi connectivity index (χ1) is 8.22. The van der Waals surface area contributed by atoms with Crippen LogP contribution >= 0.6 is 0 Å². The van der Waals surface area contributed by atoms with Gasteiger partial charge in [0.2, 0.25) is 0 Å². The molecule has 2 N–H and O–H groups in total. The molecule has 0 aromatic heterocycles. The molecule has 1 aromatic carbocycles. The van der Waals surface area contributed by atoms with Crippen LogP contribution < -0.4 is 5.48 Å². The van der Waals surface area contributed by atoms with Gasteiger partial charge in [-0.3, -0.25) is 4.79 Å². The second kappa shape index (κ2) is 7.54. The molecule has 5 nitrogen and oxygen atoms in total. The minimum atomic E-state index is -0.406. The van der Waals surface area contributed by atoms with E-state index in [-0.39, 0.29) is 25.3 Å². The largest absolute Gasteiger partial charge is 0.461 e. The van der Waals surface area contributed by atoms with E-state index in [4.69, 9.17) is 10.1 Å². The normalized spacial score (nSPS) is 9.94. The molecule has 0 aliphatic carbocycles. The first kappa shape index (κ1) is 13.3. The van der Waals surface area contributed by atoms with E-state index in [1.165, 1.54) is 7.11 Å². The van der Waals surface area contributed by atoms with Gasteiger partial charge in [0.15, 0.2) is 0 Å². The fourth-order valence-electron chi connectivity index (χ4n) is 1.19. The van der Waals surface area contributed by atoms with Crippen LogP contribution in [0.2, 0.25) is 0 Å². The number of hydrogen-bond acceptors (Lipinski definition) is 5.